The molecule has 0 atom stereocenters. The smallest absolute Gasteiger partial charge is 0.356 e. The molecular weight excluding hydrogens is 348 g/mol. The van der Waals surface area contributed by atoms with E-state index in [2.05, 4.69) is 9.97 Å². The summed E-state index contributed by atoms with van der Waals surface area (Å²) in [6, 6.07) is 11.1. The van der Waals surface area contributed by atoms with Crippen molar-refractivity contribution in [2.75, 3.05) is 0 Å². The van der Waals surface area contributed by atoms with Gasteiger partial charge in [-0.2, -0.15) is 0 Å². The van der Waals surface area contributed by atoms with Crippen LogP contribution in [0.15, 0.2) is 52.5 Å². The Balaban J connectivity index is 1.49. The molecule has 0 aliphatic carbocycles. The van der Waals surface area contributed by atoms with Crippen LogP contribution in [0, 0.1) is 0 Å². The third kappa shape index (κ3) is 2.70. The lowest BCUT2D eigenvalue weighted by atomic mass is 10.2. The van der Waals surface area contributed by atoms with Crippen LogP contribution in [0.2, 0.25) is 5.02 Å². The summed E-state index contributed by atoms with van der Waals surface area (Å²) in [6.07, 6.45) is 1.59. The largest absolute Gasteiger partial charge is 0.462 e. The van der Waals surface area contributed by atoms with Crippen LogP contribution in [0.5, 0.6) is 0 Å². The van der Waals surface area contributed by atoms with E-state index in [1.54, 1.807) is 12.3 Å². The Kier molecular flexibility index (Phi) is 3.84. The highest BCUT2D eigenvalue weighted by molar-refractivity contribution is 7.13. The van der Waals surface area contributed by atoms with Gasteiger partial charge in [0.15, 0.2) is 10.8 Å². The van der Waals surface area contributed by atoms with Crippen LogP contribution < -0.4 is 0 Å². The SMILES string of the molecule is O=C(OCc1csc(-c2ccco2)n1)c1[nH]c2ccccc2c1Cl. The quantitative estimate of drug-likeness (QED) is 0.527. The van der Waals surface area contributed by atoms with Gasteiger partial charge in [-0.25, -0.2) is 9.78 Å². The van der Waals surface area contributed by atoms with E-state index in [0.29, 0.717) is 16.5 Å². The molecule has 0 aliphatic heterocycles. The molecule has 0 aliphatic rings. The molecule has 0 saturated carbocycles. The number of furan rings is 1. The van der Waals surface area contributed by atoms with E-state index in [-0.39, 0.29) is 12.3 Å². The molecule has 1 aromatic carbocycles. The summed E-state index contributed by atoms with van der Waals surface area (Å²) in [4.78, 5) is 19.6. The average Bonchev–Trinajstić information content (AvgIpc) is 3.33. The van der Waals surface area contributed by atoms with E-state index in [0.717, 1.165) is 15.9 Å². The first kappa shape index (κ1) is 15.0. The Bertz CT molecular complexity index is 1000. The number of nitrogens with one attached hydrogen (secondary N) is 1. The number of para-hydroxylation sites is 1. The lowest BCUT2D eigenvalue weighted by Gasteiger charge is -2.01. The number of carbonyl (C=O) groups is 1. The van der Waals surface area contributed by atoms with Crippen LogP contribution in [-0.4, -0.2) is 15.9 Å². The number of esters is 1. The van der Waals surface area contributed by atoms with E-state index in [9.17, 15) is 4.79 Å². The van der Waals surface area contributed by atoms with Crippen LogP contribution in [0.1, 0.15) is 16.2 Å². The van der Waals surface area contributed by atoms with Crippen molar-refractivity contribution < 1.29 is 13.9 Å². The minimum atomic E-state index is -0.510. The number of hydrogen-bond donors (Lipinski definition) is 1. The minimum absolute atomic E-state index is 0.0712. The number of rotatable bonds is 4. The van der Waals surface area contributed by atoms with Crippen LogP contribution >= 0.6 is 22.9 Å². The van der Waals surface area contributed by atoms with Crippen molar-refractivity contribution in [3.63, 3.8) is 0 Å². The van der Waals surface area contributed by atoms with Crippen LogP contribution in [0.25, 0.3) is 21.7 Å². The topological polar surface area (TPSA) is 68.1 Å². The highest BCUT2D eigenvalue weighted by Crippen LogP contribution is 2.28. The maximum Gasteiger partial charge on any atom is 0.356 e. The molecule has 4 aromatic rings. The second kappa shape index (κ2) is 6.14. The van der Waals surface area contributed by atoms with Crippen molar-refractivity contribution in [1.82, 2.24) is 9.97 Å². The predicted octanol–water partition coefficient (Wildman–Crippen LogP) is 4.89. The van der Waals surface area contributed by atoms with Gasteiger partial charge in [-0.3, -0.25) is 0 Å². The molecule has 0 unspecified atom stereocenters. The number of carbonyl (C=O) groups excluding carboxylic acids is 1. The molecule has 0 radical (unpaired) electrons. The van der Waals surface area contributed by atoms with Crippen molar-refractivity contribution >= 4 is 39.8 Å². The number of ether oxygens (including phenoxy) is 1. The van der Waals surface area contributed by atoms with Crippen molar-refractivity contribution in [1.29, 1.82) is 0 Å². The van der Waals surface area contributed by atoms with Crippen LogP contribution in [0.3, 0.4) is 0 Å². The number of fused-ring (bicyclic) bond motifs is 1. The molecule has 3 aromatic heterocycles. The average molecular weight is 359 g/mol. The monoisotopic (exact) mass is 358 g/mol. The van der Waals surface area contributed by atoms with Crippen molar-refractivity contribution in [3.8, 4) is 10.8 Å². The Morgan fingerprint density at radius 2 is 2.17 bits per heavy atom. The zero-order chi connectivity index (χ0) is 16.5. The third-order valence-electron chi connectivity index (χ3n) is 3.48. The Morgan fingerprint density at radius 3 is 2.96 bits per heavy atom. The normalized spacial score (nSPS) is 11.0. The van der Waals surface area contributed by atoms with E-state index >= 15 is 0 Å². The summed E-state index contributed by atoms with van der Waals surface area (Å²) in [6.45, 7) is 0.0712. The zero-order valence-corrected chi connectivity index (χ0v) is 13.9. The molecule has 0 saturated heterocycles. The number of hydrogen-bond acceptors (Lipinski definition) is 5. The fourth-order valence-corrected chi connectivity index (χ4v) is 3.41. The lowest BCUT2D eigenvalue weighted by molar-refractivity contribution is 0.0463. The minimum Gasteiger partial charge on any atom is -0.462 e. The van der Waals surface area contributed by atoms with Gasteiger partial charge in [0.05, 0.1) is 17.0 Å². The van der Waals surface area contributed by atoms with Gasteiger partial charge in [-0.15, -0.1) is 11.3 Å². The van der Waals surface area contributed by atoms with Gasteiger partial charge < -0.3 is 14.1 Å². The summed E-state index contributed by atoms with van der Waals surface area (Å²) in [5, 5.41) is 3.73. The fourth-order valence-electron chi connectivity index (χ4n) is 2.35. The van der Waals surface area contributed by atoms with Gasteiger partial charge in [-0.1, -0.05) is 29.8 Å². The second-order valence-electron chi connectivity index (χ2n) is 5.06. The summed E-state index contributed by atoms with van der Waals surface area (Å²) in [5.41, 5.74) is 1.70. The van der Waals surface area contributed by atoms with Crippen molar-refractivity contribution in [3.05, 3.63) is 64.5 Å². The summed E-state index contributed by atoms with van der Waals surface area (Å²) >= 11 is 7.68. The first-order valence-electron chi connectivity index (χ1n) is 7.14. The van der Waals surface area contributed by atoms with Gasteiger partial charge in [-0.05, 0) is 18.2 Å². The molecule has 3 heterocycles. The third-order valence-corrected chi connectivity index (χ3v) is 4.78. The molecule has 0 spiro atoms. The van der Waals surface area contributed by atoms with Crippen LogP contribution in [-0.2, 0) is 11.3 Å². The molecule has 1 N–H and O–H groups in total. The molecule has 7 heteroatoms. The Hall–Kier alpha value is -2.57. The number of halogens is 1. The molecule has 120 valence electrons. The van der Waals surface area contributed by atoms with Gasteiger partial charge in [0.25, 0.3) is 0 Å². The first-order chi connectivity index (χ1) is 11.7. The number of aromatic nitrogens is 2. The molecule has 5 nitrogen and oxygen atoms in total. The zero-order valence-electron chi connectivity index (χ0n) is 12.3. The highest BCUT2D eigenvalue weighted by Gasteiger charge is 2.18. The van der Waals surface area contributed by atoms with Gasteiger partial charge in [0.1, 0.15) is 12.3 Å². The molecule has 24 heavy (non-hydrogen) atoms. The van der Waals surface area contributed by atoms with Crippen molar-refractivity contribution in [2.24, 2.45) is 0 Å². The van der Waals surface area contributed by atoms with E-state index in [4.69, 9.17) is 20.8 Å². The number of thiazole rings is 1. The maximum absolute atomic E-state index is 12.3. The Labute approximate surface area is 145 Å². The highest BCUT2D eigenvalue weighted by atomic mass is 35.5. The number of benzene rings is 1. The van der Waals surface area contributed by atoms with Crippen molar-refractivity contribution in [2.45, 2.75) is 6.61 Å². The maximum atomic E-state index is 12.3. The molecule has 4 rings (SSSR count). The fraction of sp³-hybridized carbons (Fsp3) is 0.0588. The standard InChI is InChI=1S/C17H11ClN2O3S/c18-14-11-4-1-2-5-12(11)20-15(14)17(21)23-8-10-9-24-16(19-10)13-6-3-7-22-13/h1-7,9,20H,8H2. The van der Waals surface area contributed by atoms with E-state index < -0.39 is 5.97 Å². The lowest BCUT2D eigenvalue weighted by Crippen LogP contribution is -2.06. The van der Waals surface area contributed by atoms with Gasteiger partial charge in [0, 0.05) is 16.3 Å². The first-order valence-corrected chi connectivity index (χ1v) is 8.40. The molecule has 0 fully saturated rings. The molecular formula is C17H11ClN2O3S. The van der Waals surface area contributed by atoms with E-state index in [1.165, 1.54) is 11.3 Å². The predicted molar refractivity (Wildman–Crippen MR) is 92.2 cm³/mol. The Morgan fingerprint density at radius 1 is 1.29 bits per heavy atom. The summed E-state index contributed by atoms with van der Waals surface area (Å²) in [5.74, 6) is 0.181. The van der Waals surface area contributed by atoms with Crippen LogP contribution in [0.4, 0.5) is 0 Å². The second-order valence-corrected chi connectivity index (χ2v) is 6.29. The number of H-pyrrole nitrogens is 1. The molecule has 0 bridgehead atoms. The van der Waals surface area contributed by atoms with E-state index in [1.807, 2.05) is 35.7 Å². The van der Waals surface area contributed by atoms with Gasteiger partial charge >= 0.3 is 5.97 Å². The number of aromatic amines is 1. The summed E-state index contributed by atoms with van der Waals surface area (Å²) in [7, 11) is 0. The number of nitrogens with zero attached hydrogens (tertiary/aromatic N) is 1. The summed E-state index contributed by atoms with van der Waals surface area (Å²) < 4.78 is 10.6. The molecule has 0 amide bonds. The van der Waals surface area contributed by atoms with Gasteiger partial charge in [0.2, 0.25) is 0 Å².